The third kappa shape index (κ3) is 5.77. The van der Waals surface area contributed by atoms with E-state index in [1.54, 1.807) is 24.3 Å². The van der Waals surface area contributed by atoms with Crippen LogP contribution in [0.25, 0.3) is 10.6 Å². The van der Waals surface area contributed by atoms with Gasteiger partial charge in [-0.15, -0.1) is 10.2 Å². The fourth-order valence-electron chi connectivity index (χ4n) is 2.64. The van der Waals surface area contributed by atoms with Crippen molar-refractivity contribution in [1.29, 1.82) is 0 Å². The van der Waals surface area contributed by atoms with E-state index in [0.717, 1.165) is 16.1 Å². The van der Waals surface area contributed by atoms with Crippen molar-refractivity contribution >= 4 is 38.1 Å². The summed E-state index contributed by atoms with van der Waals surface area (Å²) >= 11 is 1.21. The summed E-state index contributed by atoms with van der Waals surface area (Å²) in [6.07, 6.45) is 0.987. The van der Waals surface area contributed by atoms with Gasteiger partial charge in [-0.05, 0) is 26.0 Å². The van der Waals surface area contributed by atoms with Gasteiger partial charge in [0, 0.05) is 11.6 Å². The van der Waals surface area contributed by atoms with Crippen LogP contribution in [0.5, 0.6) is 5.75 Å². The van der Waals surface area contributed by atoms with Crippen molar-refractivity contribution < 1.29 is 17.9 Å². The fraction of sp³-hybridized carbons (Fsp3) is 0.250. The monoisotopic (exact) mass is 446 g/mol. The van der Waals surface area contributed by atoms with Crippen molar-refractivity contribution in [1.82, 2.24) is 10.2 Å². The van der Waals surface area contributed by atoms with Crippen molar-refractivity contribution in [2.45, 2.75) is 20.0 Å². The van der Waals surface area contributed by atoms with Gasteiger partial charge in [0.05, 0.1) is 18.0 Å². The summed E-state index contributed by atoms with van der Waals surface area (Å²) in [6, 6.07) is 16.1. The van der Waals surface area contributed by atoms with Crippen molar-refractivity contribution in [3.05, 3.63) is 54.6 Å². The Morgan fingerprint density at radius 3 is 2.53 bits per heavy atom. The predicted octanol–water partition coefficient (Wildman–Crippen LogP) is 3.40. The molecule has 0 bridgehead atoms. The molecule has 0 unspecified atom stereocenters. The number of hydrogen-bond donors (Lipinski definition) is 1. The lowest BCUT2D eigenvalue weighted by Gasteiger charge is -2.22. The molecule has 1 aromatic heterocycles. The summed E-state index contributed by atoms with van der Waals surface area (Å²) in [5, 5.41) is 11.6. The number of aromatic nitrogens is 2. The number of nitrogens with one attached hydrogen (secondary N) is 1. The van der Waals surface area contributed by atoms with Gasteiger partial charge in [0.15, 0.2) is 0 Å². The SMILES string of the molecule is CC(C)Oc1cccc(N(CC(=O)Nc2nnc(-c3ccccc3)s2)S(C)(=O)=O)c1. The quantitative estimate of drug-likeness (QED) is 0.569. The molecule has 1 heterocycles. The van der Waals surface area contributed by atoms with E-state index in [2.05, 4.69) is 15.5 Å². The van der Waals surface area contributed by atoms with Crippen LogP contribution in [0.1, 0.15) is 13.8 Å². The van der Waals surface area contributed by atoms with Crippen LogP contribution in [0.2, 0.25) is 0 Å². The molecule has 0 saturated carbocycles. The molecule has 2 aromatic carbocycles. The molecule has 3 rings (SSSR count). The minimum atomic E-state index is -3.70. The first kappa shape index (κ1) is 21.7. The topological polar surface area (TPSA) is 101 Å². The van der Waals surface area contributed by atoms with Crippen LogP contribution >= 0.6 is 11.3 Å². The second kappa shape index (κ2) is 9.23. The van der Waals surface area contributed by atoms with Gasteiger partial charge in [0.2, 0.25) is 21.1 Å². The van der Waals surface area contributed by atoms with Crippen LogP contribution in [0.3, 0.4) is 0 Å². The Bertz CT molecular complexity index is 1110. The van der Waals surface area contributed by atoms with Gasteiger partial charge in [-0.25, -0.2) is 8.42 Å². The first-order valence-corrected chi connectivity index (χ1v) is 11.8. The Hall–Kier alpha value is -2.98. The summed E-state index contributed by atoms with van der Waals surface area (Å²) in [5.74, 6) is -0.000415. The van der Waals surface area contributed by atoms with Crippen molar-refractivity contribution in [2.24, 2.45) is 0 Å². The minimum Gasteiger partial charge on any atom is -0.491 e. The Labute approximate surface area is 179 Å². The highest BCUT2D eigenvalue weighted by molar-refractivity contribution is 7.92. The zero-order chi connectivity index (χ0) is 21.7. The Kier molecular flexibility index (Phi) is 6.68. The van der Waals surface area contributed by atoms with E-state index in [-0.39, 0.29) is 6.10 Å². The number of nitrogens with zero attached hydrogens (tertiary/aromatic N) is 3. The molecule has 0 atom stereocenters. The van der Waals surface area contributed by atoms with Gasteiger partial charge in [0.1, 0.15) is 17.3 Å². The maximum atomic E-state index is 12.5. The highest BCUT2D eigenvalue weighted by atomic mass is 32.2. The van der Waals surface area contributed by atoms with E-state index in [4.69, 9.17) is 4.74 Å². The summed E-state index contributed by atoms with van der Waals surface area (Å²) in [4.78, 5) is 12.5. The maximum absolute atomic E-state index is 12.5. The number of carbonyl (C=O) groups is 1. The highest BCUT2D eigenvalue weighted by Crippen LogP contribution is 2.27. The average molecular weight is 447 g/mol. The number of anilines is 2. The molecule has 3 aromatic rings. The standard InChI is InChI=1S/C20H22N4O4S2/c1-14(2)28-17-11-7-10-16(12-17)24(30(3,26)27)13-18(25)21-20-23-22-19(29-20)15-8-5-4-6-9-15/h4-12,14H,13H2,1-3H3,(H,21,23,25). The molecular weight excluding hydrogens is 424 g/mol. The molecule has 8 nitrogen and oxygen atoms in total. The van der Waals surface area contributed by atoms with Gasteiger partial charge >= 0.3 is 0 Å². The second-order valence-electron chi connectivity index (χ2n) is 6.76. The summed E-state index contributed by atoms with van der Waals surface area (Å²) in [5.41, 5.74) is 1.23. The van der Waals surface area contributed by atoms with Gasteiger partial charge in [-0.2, -0.15) is 0 Å². The lowest BCUT2D eigenvalue weighted by Crippen LogP contribution is -2.37. The van der Waals surface area contributed by atoms with Crippen molar-refractivity contribution in [3.8, 4) is 16.3 Å². The Morgan fingerprint density at radius 2 is 1.87 bits per heavy atom. The van der Waals surface area contributed by atoms with Crippen molar-refractivity contribution in [2.75, 3.05) is 22.4 Å². The van der Waals surface area contributed by atoms with Crippen LogP contribution in [0.15, 0.2) is 54.6 Å². The molecule has 1 amide bonds. The number of rotatable bonds is 8. The largest absolute Gasteiger partial charge is 0.491 e. The number of hydrogen-bond acceptors (Lipinski definition) is 7. The minimum absolute atomic E-state index is 0.0635. The second-order valence-corrected chi connectivity index (χ2v) is 9.64. The maximum Gasteiger partial charge on any atom is 0.246 e. The molecule has 0 aliphatic heterocycles. The Balaban J connectivity index is 1.75. The molecule has 0 aliphatic carbocycles. The third-order valence-corrected chi connectivity index (χ3v) is 5.89. The van der Waals surface area contributed by atoms with E-state index >= 15 is 0 Å². The number of ether oxygens (including phenoxy) is 1. The Morgan fingerprint density at radius 1 is 1.13 bits per heavy atom. The molecule has 1 N–H and O–H groups in total. The lowest BCUT2D eigenvalue weighted by atomic mass is 10.2. The van der Waals surface area contributed by atoms with Gasteiger partial charge in [-0.3, -0.25) is 14.4 Å². The first-order valence-electron chi connectivity index (χ1n) is 9.15. The molecule has 0 saturated heterocycles. The van der Waals surface area contributed by atoms with Gasteiger partial charge in [-0.1, -0.05) is 47.7 Å². The summed E-state index contributed by atoms with van der Waals surface area (Å²) < 4.78 is 31.3. The average Bonchev–Trinajstić information content (AvgIpc) is 3.14. The number of carbonyl (C=O) groups excluding carboxylic acids is 1. The van der Waals surface area contributed by atoms with Gasteiger partial charge in [0.25, 0.3) is 0 Å². The molecule has 0 fully saturated rings. The molecule has 0 spiro atoms. The molecule has 30 heavy (non-hydrogen) atoms. The van der Waals surface area contributed by atoms with Crippen LogP contribution in [0.4, 0.5) is 10.8 Å². The van der Waals surface area contributed by atoms with Crippen LogP contribution in [0, 0.1) is 0 Å². The smallest absolute Gasteiger partial charge is 0.246 e. The lowest BCUT2D eigenvalue weighted by molar-refractivity contribution is -0.114. The van der Waals surface area contributed by atoms with Crippen LogP contribution in [-0.4, -0.2) is 43.4 Å². The number of amides is 1. The predicted molar refractivity (Wildman–Crippen MR) is 118 cm³/mol. The number of benzene rings is 2. The van der Waals surface area contributed by atoms with Crippen molar-refractivity contribution in [3.63, 3.8) is 0 Å². The molecular formula is C20H22N4O4S2. The molecule has 158 valence electrons. The molecule has 0 aliphatic rings. The zero-order valence-electron chi connectivity index (χ0n) is 16.8. The molecule has 0 radical (unpaired) electrons. The highest BCUT2D eigenvalue weighted by Gasteiger charge is 2.22. The summed E-state index contributed by atoms with van der Waals surface area (Å²) in [7, 11) is -3.70. The zero-order valence-corrected chi connectivity index (χ0v) is 18.4. The fourth-order valence-corrected chi connectivity index (χ4v) is 4.26. The van der Waals surface area contributed by atoms with Gasteiger partial charge < -0.3 is 4.74 Å². The number of sulfonamides is 1. The summed E-state index contributed by atoms with van der Waals surface area (Å²) in [6.45, 7) is 3.35. The third-order valence-electron chi connectivity index (χ3n) is 3.86. The van der Waals surface area contributed by atoms with E-state index < -0.39 is 22.5 Å². The van der Waals surface area contributed by atoms with E-state index in [0.29, 0.717) is 21.6 Å². The normalized spacial score (nSPS) is 11.3. The van der Waals surface area contributed by atoms with E-state index in [1.807, 2.05) is 44.2 Å². The first-order chi connectivity index (χ1) is 14.2. The van der Waals surface area contributed by atoms with E-state index in [1.165, 1.54) is 11.3 Å². The molecule has 10 heteroatoms. The van der Waals surface area contributed by atoms with Crippen LogP contribution in [-0.2, 0) is 14.8 Å². The van der Waals surface area contributed by atoms with E-state index in [9.17, 15) is 13.2 Å². The van der Waals surface area contributed by atoms with Crippen LogP contribution < -0.4 is 14.4 Å².